The first kappa shape index (κ1) is 16.1. The average molecular weight is 362 g/mol. The van der Waals surface area contributed by atoms with Gasteiger partial charge in [0.15, 0.2) is 5.01 Å². The fourth-order valence-electron chi connectivity index (χ4n) is 3.21. The van der Waals surface area contributed by atoms with E-state index >= 15 is 0 Å². The Kier molecular flexibility index (Phi) is 3.95. The van der Waals surface area contributed by atoms with E-state index < -0.39 is 17.4 Å². The Labute approximate surface area is 146 Å². The third-order valence-corrected chi connectivity index (χ3v) is 5.43. The van der Waals surface area contributed by atoms with Crippen molar-refractivity contribution in [3.8, 4) is 10.7 Å². The monoisotopic (exact) mass is 362 g/mol. The fraction of sp³-hybridized carbons (Fsp3) is 0.375. The third-order valence-electron chi connectivity index (χ3n) is 4.53. The summed E-state index contributed by atoms with van der Waals surface area (Å²) in [6, 6.07) is 4.76. The molecule has 0 amide bonds. The summed E-state index contributed by atoms with van der Waals surface area (Å²) in [7, 11) is 1.83. The molecule has 0 aromatic carbocycles. The van der Waals surface area contributed by atoms with Crippen LogP contribution in [-0.2, 0) is 12.5 Å². The molecule has 0 aliphatic heterocycles. The van der Waals surface area contributed by atoms with Crippen molar-refractivity contribution < 1.29 is 8.78 Å². The smallest absolute Gasteiger partial charge is 0.206 e. The lowest BCUT2D eigenvalue weighted by molar-refractivity contribution is 0.0965. The summed E-state index contributed by atoms with van der Waals surface area (Å²) in [5.41, 5.74) is 0.527. The lowest BCUT2D eigenvalue weighted by Crippen LogP contribution is -2.48. The Morgan fingerprint density at radius 2 is 2.16 bits per heavy atom. The van der Waals surface area contributed by atoms with Gasteiger partial charge in [0.05, 0.1) is 11.4 Å². The minimum atomic E-state index is -0.928. The quantitative estimate of drug-likeness (QED) is 0.756. The third kappa shape index (κ3) is 2.88. The van der Waals surface area contributed by atoms with Gasteiger partial charge in [-0.05, 0) is 31.0 Å². The van der Waals surface area contributed by atoms with Crippen molar-refractivity contribution in [3.05, 3.63) is 42.1 Å². The SMILES string of the molecule is Cn1nccc1-c1nnc(NC[C@]2(c3ncccc3F)C[C@H](F)C2)s1. The summed E-state index contributed by atoms with van der Waals surface area (Å²) in [6.07, 6.45) is 2.81. The second kappa shape index (κ2) is 6.14. The van der Waals surface area contributed by atoms with E-state index in [4.69, 9.17) is 0 Å². The van der Waals surface area contributed by atoms with Crippen molar-refractivity contribution in [2.24, 2.45) is 7.05 Å². The number of pyridine rings is 1. The molecule has 1 saturated carbocycles. The van der Waals surface area contributed by atoms with Crippen LogP contribution in [0.4, 0.5) is 13.9 Å². The normalized spacial score (nSPS) is 22.6. The van der Waals surface area contributed by atoms with Gasteiger partial charge in [-0.3, -0.25) is 9.67 Å². The van der Waals surface area contributed by atoms with Crippen molar-refractivity contribution in [2.75, 3.05) is 11.9 Å². The van der Waals surface area contributed by atoms with Gasteiger partial charge in [-0.1, -0.05) is 11.3 Å². The van der Waals surface area contributed by atoms with Crippen LogP contribution in [0.2, 0.25) is 0 Å². The topological polar surface area (TPSA) is 68.5 Å². The number of rotatable bonds is 5. The Morgan fingerprint density at radius 1 is 1.32 bits per heavy atom. The molecule has 9 heteroatoms. The molecular formula is C16H16F2N6S. The molecule has 0 spiro atoms. The number of nitrogens with zero attached hydrogens (tertiary/aromatic N) is 5. The molecule has 1 N–H and O–H groups in total. The van der Waals surface area contributed by atoms with Gasteiger partial charge in [0.25, 0.3) is 0 Å². The highest BCUT2D eigenvalue weighted by Crippen LogP contribution is 2.45. The number of aromatic nitrogens is 5. The molecule has 0 saturated heterocycles. The van der Waals surface area contributed by atoms with Crippen LogP contribution in [0.15, 0.2) is 30.6 Å². The van der Waals surface area contributed by atoms with Crippen LogP contribution in [0.1, 0.15) is 18.5 Å². The van der Waals surface area contributed by atoms with Crippen molar-refractivity contribution >= 4 is 16.5 Å². The zero-order chi connectivity index (χ0) is 17.4. The van der Waals surface area contributed by atoms with Crippen LogP contribution >= 0.6 is 11.3 Å². The second-order valence-corrected chi connectivity index (χ2v) is 7.20. The lowest BCUT2D eigenvalue weighted by atomic mass is 9.65. The van der Waals surface area contributed by atoms with Gasteiger partial charge in [0.2, 0.25) is 5.13 Å². The van der Waals surface area contributed by atoms with Crippen LogP contribution in [-0.4, -0.2) is 37.7 Å². The summed E-state index contributed by atoms with van der Waals surface area (Å²) in [5.74, 6) is -0.399. The Bertz CT molecular complexity index is 886. The van der Waals surface area contributed by atoms with Crippen LogP contribution in [0.3, 0.4) is 0 Å². The average Bonchev–Trinajstić information content (AvgIpc) is 3.19. The standard InChI is InChI=1S/C16H16F2N6S/c1-24-12(4-6-21-24)14-22-23-15(25-14)20-9-16(7-10(17)8-16)13-11(18)3-2-5-19-13/h2-6,10H,7-9H2,1H3,(H,20,23)/t10-,16-. The highest BCUT2D eigenvalue weighted by molar-refractivity contribution is 7.18. The highest BCUT2D eigenvalue weighted by atomic mass is 32.1. The molecule has 3 heterocycles. The van der Waals surface area contributed by atoms with Crippen molar-refractivity contribution in [1.29, 1.82) is 0 Å². The van der Waals surface area contributed by atoms with Gasteiger partial charge in [-0.2, -0.15) is 5.10 Å². The number of hydrogen-bond donors (Lipinski definition) is 1. The molecule has 0 radical (unpaired) electrons. The second-order valence-electron chi connectivity index (χ2n) is 6.23. The summed E-state index contributed by atoms with van der Waals surface area (Å²) >= 11 is 1.38. The van der Waals surface area contributed by atoms with Crippen molar-refractivity contribution in [3.63, 3.8) is 0 Å². The zero-order valence-corrected chi connectivity index (χ0v) is 14.3. The molecule has 0 bridgehead atoms. The minimum Gasteiger partial charge on any atom is -0.359 e. The van der Waals surface area contributed by atoms with Gasteiger partial charge in [0.1, 0.15) is 12.0 Å². The van der Waals surface area contributed by atoms with E-state index in [1.165, 1.54) is 29.7 Å². The highest BCUT2D eigenvalue weighted by Gasteiger charge is 2.48. The van der Waals surface area contributed by atoms with E-state index in [1.807, 2.05) is 13.1 Å². The molecule has 25 heavy (non-hydrogen) atoms. The van der Waals surface area contributed by atoms with E-state index in [-0.39, 0.29) is 12.8 Å². The van der Waals surface area contributed by atoms with E-state index in [0.717, 1.165) is 10.7 Å². The van der Waals surface area contributed by atoms with Crippen molar-refractivity contribution in [2.45, 2.75) is 24.4 Å². The molecule has 3 aromatic heterocycles. The Morgan fingerprint density at radius 3 is 2.84 bits per heavy atom. The molecule has 6 nitrogen and oxygen atoms in total. The molecule has 1 fully saturated rings. The van der Waals surface area contributed by atoms with Crippen LogP contribution in [0.25, 0.3) is 10.7 Å². The maximum atomic E-state index is 14.1. The predicted molar refractivity (Wildman–Crippen MR) is 90.6 cm³/mol. The molecule has 4 rings (SSSR count). The Balaban J connectivity index is 1.53. The molecule has 1 aliphatic carbocycles. The van der Waals surface area contributed by atoms with Crippen LogP contribution in [0.5, 0.6) is 0 Å². The van der Waals surface area contributed by atoms with Crippen LogP contribution < -0.4 is 5.32 Å². The maximum Gasteiger partial charge on any atom is 0.206 e. The number of aryl methyl sites for hydroxylation is 1. The predicted octanol–water partition coefficient (Wildman–Crippen LogP) is 2.95. The van der Waals surface area contributed by atoms with Gasteiger partial charge < -0.3 is 5.32 Å². The van der Waals surface area contributed by atoms with E-state index in [0.29, 0.717) is 17.4 Å². The number of anilines is 1. The van der Waals surface area contributed by atoms with E-state index in [2.05, 4.69) is 25.6 Å². The van der Waals surface area contributed by atoms with Gasteiger partial charge in [-0.15, -0.1) is 10.2 Å². The lowest BCUT2D eigenvalue weighted by Gasteiger charge is -2.43. The Hall–Kier alpha value is -2.42. The first-order chi connectivity index (χ1) is 12.1. The number of alkyl halides is 1. The zero-order valence-electron chi connectivity index (χ0n) is 13.5. The van der Waals surface area contributed by atoms with Crippen LogP contribution in [0, 0.1) is 5.82 Å². The minimum absolute atomic E-state index is 0.251. The summed E-state index contributed by atoms with van der Waals surface area (Å²) < 4.78 is 29.4. The maximum absolute atomic E-state index is 14.1. The summed E-state index contributed by atoms with van der Waals surface area (Å²) in [5, 5.41) is 16.9. The first-order valence-electron chi connectivity index (χ1n) is 7.88. The number of halogens is 2. The van der Waals surface area contributed by atoms with Crippen molar-refractivity contribution in [1.82, 2.24) is 25.0 Å². The van der Waals surface area contributed by atoms with Gasteiger partial charge >= 0.3 is 0 Å². The molecular weight excluding hydrogens is 346 g/mol. The molecule has 3 aromatic rings. The number of hydrogen-bond acceptors (Lipinski definition) is 6. The number of nitrogens with one attached hydrogen (secondary N) is 1. The summed E-state index contributed by atoms with van der Waals surface area (Å²) in [4.78, 5) is 4.15. The van der Waals surface area contributed by atoms with E-state index in [1.54, 1.807) is 10.9 Å². The molecule has 0 unspecified atom stereocenters. The largest absolute Gasteiger partial charge is 0.359 e. The molecule has 130 valence electrons. The van der Waals surface area contributed by atoms with Gasteiger partial charge in [-0.25, -0.2) is 8.78 Å². The first-order valence-corrected chi connectivity index (χ1v) is 8.70. The van der Waals surface area contributed by atoms with Gasteiger partial charge in [0, 0.05) is 31.4 Å². The summed E-state index contributed by atoms with van der Waals surface area (Å²) in [6.45, 7) is 0.362. The molecule has 1 aliphatic rings. The fourth-order valence-corrected chi connectivity index (χ4v) is 4.01. The van der Waals surface area contributed by atoms with E-state index in [9.17, 15) is 8.78 Å². The molecule has 0 atom stereocenters.